The van der Waals surface area contributed by atoms with Crippen molar-refractivity contribution in [3.63, 3.8) is 0 Å². The molecule has 5 rings (SSSR count). The average molecular weight is 460 g/mol. The molecule has 3 aromatic heterocycles. The van der Waals surface area contributed by atoms with E-state index in [0.29, 0.717) is 11.4 Å². The highest BCUT2D eigenvalue weighted by Crippen LogP contribution is 2.30. The summed E-state index contributed by atoms with van der Waals surface area (Å²) >= 11 is 5.10. The van der Waals surface area contributed by atoms with E-state index in [-0.39, 0.29) is 0 Å². The minimum atomic E-state index is 0.493. The zero-order chi connectivity index (χ0) is 19.6. The van der Waals surface area contributed by atoms with Gasteiger partial charge in [-0.1, -0.05) is 52.3 Å². The van der Waals surface area contributed by atoms with Crippen LogP contribution in [0.1, 0.15) is 0 Å². The molecule has 0 saturated heterocycles. The normalized spacial score (nSPS) is 11.8. The molecule has 2 aromatic carbocycles. The first-order valence-electron chi connectivity index (χ1n) is 8.97. The van der Waals surface area contributed by atoms with Gasteiger partial charge in [0, 0.05) is 27.0 Å². The van der Waals surface area contributed by atoms with Gasteiger partial charge in [-0.3, -0.25) is 0 Å². The molecule has 0 atom stereocenters. The Morgan fingerprint density at radius 1 is 0.931 bits per heavy atom. The van der Waals surface area contributed by atoms with Crippen LogP contribution in [-0.4, -0.2) is 9.97 Å². The molecule has 0 unspecified atom stereocenters. The van der Waals surface area contributed by atoms with Gasteiger partial charge in [-0.25, -0.2) is 9.97 Å². The fourth-order valence-corrected chi connectivity index (χ4v) is 4.22. The van der Waals surface area contributed by atoms with Crippen LogP contribution >= 0.6 is 27.3 Å². The minimum Gasteiger partial charge on any atom is -0.438 e. The van der Waals surface area contributed by atoms with E-state index >= 15 is 0 Å². The number of aromatic nitrogens is 2. The number of thiazole rings is 1. The number of fused-ring (bicyclic) bond motifs is 1. The van der Waals surface area contributed by atoms with Crippen LogP contribution in [0.15, 0.2) is 98.3 Å². The Hall–Kier alpha value is -3.09. The Bertz CT molecular complexity index is 1360. The lowest BCUT2D eigenvalue weighted by molar-refractivity contribution is 0.546. The summed E-state index contributed by atoms with van der Waals surface area (Å²) in [4.78, 5) is 13.8. The third-order valence-corrected chi connectivity index (χ3v) is 5.75. The zero-order valence-corrected chi connectivity index (χ0v) is 17.5. The summed E-state index contributed by atoms with van der Waals surface area (Å²) in [6, 6.07) is 23.7. The molecular weight excluding hydrogens is 446 g/mol. The molecule has 29 heavy (non-hydrogen) atoms. The molecule has 0 aliphatic heterocycles. The monoisotopic (exact) mass is 459 g/mol. The second-order valence-corrected chi connectivity index (χ2v) is 8.12. The lowest BCUT2D eigenvalue weighted by Gasteiger charge is -2.03. The van der Waals surface area contributed by atoms with Gasteiger partial charge >= 0.3 is 0 Å². The first-order chi connectivity index (χ1) is 14.3. The first kappa shape index (κ1) is 18.0. The van der Waals surface area contributed by atoms with E-state index in [1.807, 2.05) is 54.6 Å². The lowest BCUT2D eigenvalue weighted by atomic mass is 10.1. The third-order valence-electron chi connectivity index (χ3n) is 4.38. The van der Waals surface area contributed by atoms with Gasteiger partial charge in [0.05, 0.1) is 11.3 Å². The predicted octanol–water partition coefficient (Wildman–Crippen LogP) is 6.61. The summed E-state index contributed by atoms with van der Waals surface area (Å²) in [5.74, 6) is 0.591. The SMILES string of the molecule is Brc1ccc2oc(=Nc3ccccn3)c(-c3nc(-c4ccccc4)cs3)cc2c1. The molecule has 5 aromatic rings. The smallest absolute Gasteiger partial charge is 0.231 e. The van der Waals surface area contributed by atoms with Crippen LogP contribution in [-0.2, 0) is 0 Å². The van der Waals surface area contributed by atoms with Crippen LogP contribution < -0.4 is 5.55 Å². The highest BCUT2D eigenvalue weighted by atomic mass is 79.9. The topological polar surface area (TPSA) is 51.3 Å². The number of pyridine rings is 1. The van der Waals surface area contributed by atoms with Crippen molar-refractivity contribution in [3.05, 3.63) is 94.4 Å². The highest BCUT2D eigenvalue weighted by Gasteiger charge is 2.12. The van der Waals surface area contributed by atoms with Crippen LogP contribution in [0.25, 0.3) is 32.8 Å². The van der Waals surface area contributed by atoms with Gasteiger partial charge in [-0.2, -0.15) is 4.99 Å². The molecule has 0 N–H and O–H groups in total. The fraction of sp³-hybridized carbons (Fsp3) is 0. The maximum absolute atomic E-state index is 6.16. The van der Waals surface area contributed by atoms with E-state index in [2.05, 4.69) is 49.5 Å². The molecule has 0 amide bonds. The van der Waals surface area contributed by atoms with Crippen molar-refractivity contribution in [2.75, 3.05) is 0 Å². The molecule has 3 heterocycles. The van der Waals surface area contributed by atoms with E-state index in [1.165, 1.54) is 0 Å². The molecular formula is C23H14BrN3OS. The minimum absolute atomic E-state index is 0.493. The molecule has 0 fully saturated rings. The summed E-state index contributed by atoms with van der Waals surface area (Å²) in [5, 5.41) is 3.88. The van der Waals surface area contributed by atoms with E-state index in [9.17, 15) is 0 Å². The lowest BCUT2D eigenvalue weighted by Crippen LogP contribution is -2.05. The predicted molar refractivity (Wildman–Crippen MR) is 120 cm³/mol. The summed E-state index contributed by atoms with van der Waals surface area (Å²) in [6.07, 6.45) is 1.72. The zero-order valence-electron chi connectivity index (χ0n) is 15.1. The maximum atomic E-state index is 6.16. The van der Waals surface area contributed by atoms with Crippen molar-refractivity contribution in [1.29, 1.82) is 0 Å². The van der Waals surface area contributed by atoms with E-state index < -0.39 is 0 Å². The first-order valence-corrected chi connectivity index (χ1v) is 10.6. The Balaban J connectivity index is 1.72. The van der Waals surface area contributed by atoms with Crippen LogP contribution in [0, 0.1) is 0 Å². The van der Waals surface area contributed by atoms with Gasteiger partial charge in [-0.15, -0.1) is 11.3 Å². The average Bonchev–Trinajstić information content (AvgIpc) is 3.25. The van der Waals surface area contributed by atoms with Crippen LogP contribution in [0.4, 0.5) is 5.82 Å². The number of halogens is 1. The number of benzene rings is 2. The largest absolute Gasteiger partial charge is 0.438 e. The number of hydrogen-bond acceptors (Lipinski definition) is 5. The van der Waals surface area contributed by atoms with Gasteiger partial charge in [0.1, 0.15) is 10.6 Å². The van der Waals surface area contributed by atoms with Crippen molar-refractivity contribution in [3.8, 4) is 21.8 Å². The molecule has 4 nitrogen and oxygen atoms in total. The van der Waals surface area contributed by atoms with Gasteiger partial charge < -0.3 is 4.42 Å². The molecule has 0 bridgehead atoms. The number of hydrogen-bond donors (Lipinski definition) is 0. The Kier molecular flexibility index (Phi) is 4.79. The van der Waals surface area contributed by atoms with E-state index in [0.717, 1.165) is 37.3 Å². The van der Waals surface area contributed by atoms with Crippen molar-refractivity contribution in [1.82, 2.24) is 9.97 Å². The molecule has 140 valence electrons. The summed E-state index contributed by atoms with van der Waals surface area (Å²) in [7, 11) is 0. The fourth-order valence-electron chi connectivity index (χ4n) is 3.00. The van der Waals surface area contributed by atoms with E-state index in [4.69, 9.17) is 9.40 Å². The Morgan fingerprint density at radius 3 is 2.62 bits per heavy atom. The maximum Gasteiger partial charge on any atom is 0.231 e. The summed E-state index contributed by atoms with van der Waals surface area (Å²) in [5.41, 5.74) is 4.11. The molecule has 0 aliphatic rings. The summed E-state index contributed by atoms with van der Waals surface area (Å²) < 4.78 is 7.15. The quantitative estimate of drug-likeness (QED) is 0.304. The van der Waals surface area contributed by atoms with Gasteiger partial charge in [0.2, 0.25) is 5.55 Å². The van der Waals surface area contributed by atoms with Crippen molar-refractivity contribution < 1.29 is 4.42 Å². The van der Waals surface area contributed by atoms with Gasteiger partial charge in [0.25, 0.3) is 0 Å². The van der Waals surface area contributed by atoms with Crippen molar-refractivity contribution in [2.24, 2.45) is 4.99 Å². The molecule has 0 saturated carbocycles. The van der Waals surface area contributed by atoms with Crippen LogP contribution in [0.3, 0.4) is 0 Å². The molecule has 0 spiro atoms. The number of rotatable bonds is 3. The van der Waals surface area contributed by atoms with E-state index in [1.54, 1.807) is 17.5 Å². The Morgan fingerprint density at radius 2 is 1.79 bits per heavy atom. The van der Waals surface area contributed by atoms with Crippen molar-refractivity contribution >= 4 is 44.1 Å². The number of nitrogens with zero attached hydrogens (tertiary/aromatic N) is 3. The second kappa shape index (κ2) is 7.73. The second-order valence-electron chi connectivity index (χ2n) is 6.35. The van der Waals surface area contributed by atoms with Gasteiger partial charge in [0.15, 0.2) is 5.82 Å². The van der Waals surface area contributed by atoms with Gasteiger partial charge in [-0.05, 0) is 36.4 Å². The van der Waals surface area contributed by atoms with Crippen LogP contribution in [0.5, 0.6) is 0 Å². The highest BCUT2D eigenvalue weighted by molar-refractivity contribution is 9.10. The van der Waals surface area contributed by atoms with Crippen LogP contribution in [0.2, 0.25) is 0 Å². The molecule has 0 aliphatic carbocycles. The summed E-state index contributed by atoms with van der Waals surface area (Å²) in [6.45, 7) is 0. The third kappa shape index (κ3) is 3.77. The molecule has 6 heteroatoms. The molecule has 0 radical (unpaired) electrons. The Labute approximate surface area is 179 Å². The standard InChI is InChI=1S/C23H14BrN3OS/c24-17-9-10-20-16(12-17)13-18(22(28-20)27-21-8-4-5-11-25-21)23-26-19(14-29-23)15-6-2-1-3-7-15/h1-14H. The van der Waals surface area contributed by atoms with Crippen molar-refractivity contribution in [2.45, 2.75) is 0 Å².